The zero-order valence-electron chi connectivity index (χ0n) is 18.8. The van der Waals surface area contributed by atoms with Crippen molar-refractivity contribution in [1.82, 2.24) is 0 Å². The van der Waals surface area contributed by atoms with Gasteiger partial charge in [0.1, 0.15) is 5.58 Å². The SMILES string of the molecule is Cc1cc(C)c2oc(-c3ccco3)c(OCC(=O)c3ccc(-c4ccccc4)cc3)c(=O)c2c1. The van der Waals surface area contributed by atoms with Crippen LogP contribution < -0.4 is 10.2 Å². The van der Waals surface area contributed by atoms with Gasteiger partial charge in [-0.1, -0.05) is 60.7 Å². The average Bonchev–Trinajstić information content (AvgIpc) is 3.39. The molecule has 0 saturated carbocycles. The minimum atomic E-state index is -0.341. The number of carbonyl (C=O) groups is 1. The lowest BCUT2D eigenvalue weighted by Gasteiger charge is -2.12. The summed E-state index contributed by atoms with van der Waals surface area (Å²) in [7, 11) is 0. The molecule has 5 aromatic rings. The summed E-state index contributed by atoms with van der Waals surface area (Å²) in [4.78, 5) is 26.2. The van der Waals surface area contributed by atoms with E-state index in [1.54, 1.807) is 30.3 Å². The molecule has 3 aromatic carbocycles. The molecular weight excluding hydrogens is 428 g/mol. The molecule has 0 bridgehead atoms. The number of rotatable bonds is 6. The number of furan rings is 1. The van der Waals surface area contributed by atoms with E-state index in [0.717, 1.165) is 22.3 Å². The molecule has 34 heavy (non-hydrogen) atoms. The normalized spacial score (nSPS) is 11.0. The van der Waals surface area contributed by atoms with Crippen LogP contribution in [0.15, 0.2) is 98.8 Å². The van der Waals surface area contributed by atoms with Crippen LogP contribution in [0, 0.1) is 13.8 Å². The molecule has 0 amide bonds. The van der Waals surface area contributed by atoms with Gasteiger partial charge in [-0.2, -0.15) is 0 Å². The number of aryl methyl sites for hydroxylation is 2. The third-order valence-corrected chi connectivity index (χ3v) is 5.69. The van der Waals surface area contributed by atoms with Crippen molar-refractivity contribution in [3.05, 3.63) is 112 Å². The van der Waals surface area contributed by atoms with Gasteiger partial charge in [0.2, 0.25) is 16.9 Å². The summed E-state index contributed by atoms with van der Waals surface area (Å²) < 4.78 is 17.3. The van der Waals surface area contributed by atoms with E-state index in [1.807, 2.05) is 62.4 Å². The lowest BCUT2D eigenvalue weighted by molar-refractivity contribution is 0.0920. The third-order valence-electron chi connectivity index (χ3n) is 5.69. The number of Topliss-reactive ketones (excluding diaryl/α,β-unsaturated/α-hetero) is 1. The summed E-state index contributed by atoms with van der Waals surface area (Å²) in [6.07, 6.45) is 1.49. The van der Waals surface area contributed by atoms with Crippen LogP contribution in [0.5, 0.6) is 5.75 Å². The van der Waals surface area contributed by atoms with Crippen LogP contribution in [0.25, 0.3) is 33.6 Å². The van der Waals surface area contributed by atoms with Crippen molar-refractivity contribution in [2.45, 2.75) is 13.8 Å². The van der Waals surface area contributed by atoms with Gasteiger partial charge in [0.05, 0.1) is 11.6 Å². The summed E-state index contributed by atoms with van der Waals surface area (Å²) in [6, 6.07) is 24.3. The second kappa shape index (κ2) is 8.87. The van der Waals surface area contributed by atoms with Crippen molar-refractivity contribution < 1.29 is 18.4 Å². The van der Waals surface area contributed by atoms with Crippen molar-refractivity contribution in [3.8, 4) is 28.4 Å². The number of ether oxygens (including phenoxy) is 1. The second-order valence-corrected chi connectivity index (χ2v) is 8.18. The van der Waals surface area contributed by atoms with Crippen molar-refractivity contribution in [2.75, 3.05) is 6.61 Å². The molecule has 0 unspecified atom stereocenters. The Bertz CT molecular complexity index is 1530. The molecule has 0 saturated heterocycles. The highest BCUT2D eigenvalue weighted by Gasteiger charge is 2.22. The molecule has 0 atom stereocenters. The van der Waals surface area contributed by atoms with Crippen LogP contribution >= 0.6 is 0 Å². The Morgan fingerprint density at radius 1 is 0.882 bits per heavy atom. The Labute approximate surface area is 196 Å². The highest BCUT2D eigenvalue weighted by molar-refractivity contribution is 5.97. The number of benzene rings is 3. The highest BCUT2D eigenvalue weighted by Crippen LogP contribution is 2.33. The summed E-state index contributed by atoms with van der Waals surface area (Å²) in [5.41, 5.74) is 4.48. The summed E-state index contributed by atoms with van der Waals surface area (Å²) in [6.45, 7) is 3.49. The maximum absolute atomic E-state index is 13.4. The summed E-state index contributed by atoms with van der Waals surface area (Å²) >= 11 is 0. The highest BCUT2D eigenvalue weighted by atomic mass is 16.5. The monoisotopic (exact) mass is 450 g/mol. The molecule has 0 radical (unpaired) electrons. The predicted molar refractivity (Wildman–Crippen MR) is 131 cm³/mol. The first-order chi connectivity index (χ1) is 16.5. The fourth-order valence-corrected chi connectivity index (χ4v) is 4.03. The van der Waals surface area contributed by atoms with Crippen LogP contribution in [0.2, 0.25) is 0 Å². The van der Waals surface area contributed by atoms with Crippen LogP contribution in [0.4, 0.5) is 0 Å². The first-order valence-electron chi connectivity index (χ1n) is 10.9. The molecule has 0 spiro atoms. The van der Waals surface area contributed by atoms with E-state index < -0.39 is 0 Å². The van der Waals surface area contributed by atoms with E-state index in [1.165, 1.54) is 6.26 Å². The van der Waals surface area contributed by atoms with Crippen LogP contribution in [-0.4, -0.2) is 12.4 Å². The molecule has 0 fully saturated rings. The molecule has 5 nitrogen and oxygen atoms in total. The van der Waals surface area contributed by atoms with Gasteiger partial charge in [-0.15, -0.1) is 0 Å². The number of ketones is 1. The van der Waals surface area contributed by atoms with Crippen LogP contribution in [0.1, 0.15) is 21.5 Å². The predicted octanol–water partition coefficient (Wildman–Crippen LogP) is 6.60. The molecular formula is C29H22O5. The number of hydrogen-bond donors (Lipinski definition) is 0. The smallest absolute Gasteiger partial charge is 0.235 e. The van der Waals surface area contributed by atoms with Gasteiger partial charge >= 0.3 is 0 Å². The second-order valence-electron chi connectivity index (χ2n) is 8.18. The van der Waals surface area contributed by atoms with E-state index in [-0.39, 0.29) is 29.3 Å². The maximum atomic E-state index is 13.4. The van der Waals surface area contributed by atoms with E-state index >= 15 is 0 Å². The lowest BCUT2D eigenvalue weighted by atomic mass is 10.0. The fraction of sp³-hybridized carbons (Fsp3) is 0.103. The number of hydrogen-bond acceptors (Lipinski definition) is 5. The van der Waals surface area contributed by atoms with E-state index in [0.29, 0.717) is 22.3 Å². The largest absolute Gasteiger partial charge is 0.478 e. The minimum Gasteiger partial charge on any atom is -0.478 e. The molecule has 0 aliphatic carbocycles. The zero-order valence-corrected chi connectivity index (χ0v) is 18.8. The van der Waals surface area contributed by atoms with Crippen LogP contribution in [0.3, 0.4) is 0 Å². The molecule has 168 valence electrons. The Balaban J connectivity index is 1.46. The maximum Gasteiger partial charge on any atom is 0.235 e. The first kappa shape index (κ1) is 21.5. The number of fused-ring (bicyclic) bond motifs is 1. The van der Waals surface area contributed by atoms with Crippen molar-refractivity contribution >= 4 is 16.8 Å². The molecule has 0 N–H and O–H groups in total. The van der Waals surface area contributed by atoms with Crippen molar-refractivity contribution in [1.29, 1.82) is 0 Å². The van der Waals surface area contributed by atoms with Gasteiger partial charge in [-0.05, 0) is 54.3 Å². The molecule has 2 aromatic heterocycles. The Kier molecular flexibility index (Phi) is 5.60. The minimum absolute atomic E-state index is 0.0401. The number of carbonyl (C=O) groups excluding carboxylic acids is 1. The van der Waals surface area contributed by atoms with Crippen LogP contribution in [-0.2, 0) is 0 Å². The van der Waals surface area contributed by atoms with E-state index in [9.17, 15) is 9.59 Å². The first-order valence-corrected chi connectivity index (χ1v) is 10.9. The van der Waals surface area contributed by atoms with Gasteiger partial charge in [0.15, 0.2) is 18.2 Å². The standard InChI is InChI=1S/C29H22O5/c1-18-15-19(2)27-23(16-18)26(31)29(28(34-27)25-9-6-14-32-25)33-17-24(30)22-12-10-21(11-13-22)20-7-4-3-5-8-20/h3-16H,17H2,1-2H3. The van der Waals surface area contributed by atoms with Gasteiger partial charge in [0, 0.05) is 5.56 Å². The molecule has 5 heteroatoms. The fourth-order valence-electron chi connectivity index (χ4n) is 4.03. The van der Waals surface area contributed by atoms with E-state index in [2.05, 4.69) is 0 Å². The Morgan fingerprint density at radius 3 is 2.32 bits per heavy atom. The summed E-state index contributed by atoms with van der Waals surface area (Å²) in [5, 5.41) is 0.405. The summed E-state index contributed by atoms with van der Waals surface area (Å²) in [5.74, 6) is 0.238. The van der Waals surface area contributed by atoms with Gasteiger partial charge in [-0.3, -0.25) is 9.59 Å². The van der Waals surface area contributed by atoms with Crippen molar-refractivity contribution in [3.63, 3.8) is 0 Å². The quantitative estimate of drug-likeness (QED) is 0.273. The van der Waals surface area contributed by atoms with E-state index in [4.69, 9.17) is 13.6 Å². The Hall–Kier alpha value is -4.38. The average molecular weight is 450 g/mol. The zero-order chi connectivity index (χ0) is 23.7. The molecule has 5 rings (SSSR count). The molecule has 0 aliphatic rings. The third kappa shape index (κ3) is 4.04. The van der Waals surface area contributed by atoms with Gasteiger partial charge < -0.3 is 13.6 Å². The van der Waals surface area contributed by atoms with Gasteiger partial charge in [-0.25, -0.2) is 0 Å². The Morgan fingerprint density at radius 2 is 1.62 bits per heavy atom. The molecule has 2 heterocycles. The molecule has 0 aliphatic heterocycles. The van der Waals surface area contributed by atoms with Gasteiger partial charge in [0.25, 0.3) is 0 Å². The topological polar surface area (TPSA) is 69.7 Å². The lowest BCUT2D eigenvalue weighted by Crippen LogP contribution is -2.17. The van der Waals surface area contributed by atoms with Crippen molar-refractivity contribution in [2.24, 2.45) is 0 Å².